The summed E-state index contributed by atoms with van der Waals surface area (Å²) in [4.78, 5) is 21.8. The van der Waals surface area contributed by atoms with E-state index in [1.54, 1.807) is 0 Å². The van der Waals surface area contributed by atoms with Crippen LogP contribution in [0.4, 0.5) is 5.95 Å². The average molecular weight is 329 g/mol. The van der Waals surface area contributed by atoms with E-state index in [0.29, 0.717) is 6.42 Å². The van der Waals surface area contributed by atoms with Gasteiger partial charge in [-0.1, -0.05) is 13.0 Å². The molecule has 1 atom stereocenters. The van der Waals surface area contributed by atoms with E-state index in [2.05, 4.69) is 26.5 Å². The number of aromatic nitrogens is 2. The number of hydrogen-bond acceptors (Lipinski definition) is 5. The van der Waals surface area contributed by atoms with Crippen molar-refractivity contribution in [3.63, 3.8) is 0 Å². The number of fused-ring (bicyclic) bond motifs is 1. The smallest absolute Gasteiger partial charge is 0.240 e. The molecule has 2 aliphatic rings. The number of anilines is 1. The fourth-order valence-electron chi connectivity index (χ4n) is 3.08. The van der Waals surface area contributed by atoms with E-state index in [1.165, 1.54) is 0 Å². The third-order valence-corrected chi connectivity index (χ3v) is 5.28. The van der Waals surface area contributed by atoms with Crippen LogP contribution >= 0.6 is 11.8 Å². The zero-order chi connectivity index (χ0) is 15.8. The van der Waals surface area contributed by atoms with Crippen molar-refractivity contribution in [3.05, 3.63) is 23.8 Å². The van der Waals surface area contributed by atoms with Gasteiger partial charge in [0.25, 0.3) is 0 Å². The van der Waals surface area contributed by atoms with Gasteiger partial charge >= 0.3 is 0 Å². The predicted octanol–water partition coefficient (Wildman–Crippen LogP) is 1.98. The van der Waals surface area contributed by atoms with Crippen molar-refractivity contribution in [2.24, 2.45) is 11.0 Å². The lowest BCUT2D eigenvalue weighted by molar-refractivity contribution is -0.121. The average Bonchev–Trinajstić information content (AvgIpc) is 2.99. The van der Waals surface area contributed by atoms with Crippen LogP contribution < -0.4 is 10.3 Å². The minimum Gasteiger partial charge on any atom is -0.341 e. The summed E-state index contributed by atoms with van der Waals surface area (Å²) in [5.74, 6) is 3.35. The molecule has 0 spiro atoms. The second-order valence-corrected chi connectivity index (χ2v) is 7.25. The van der Waals surface area contributed by atoms with Crippen LogP contribution in [0, 0.1) is 5.92 Å². The molecule has 0 saturated carbocycles. The highest BCUT2D eigenvalue weighted by molar-refractivity contribution is 7.99. The van der Waals surface area contributed by atoms with Crippen LogP contribution in [0.25, 0.3) is 11.0 Å². The van der Waals surface area contributed by atoms with Crippen LogP contribution in [0.15, 0.2) is 23.3 Å². The van der Waals surface area contributed by atoms with Crippen LogP contribution in [0.1, 0.15) is 18.9 Å². The highest BCUT2D eigenvalue weighted by Crippen LogP contribution is 2.23. The molecule has 4 rings (SSSR count). The van der Waals surface area contributed by atoms with Gasteiger partial charge < -0.3 is 9.88 Å². The Kier molecular flexibility index (Phi) is 3.72. The fraction of sp³-hybridized carbons (Fsp3) is 0.438. The van der Waals surface area contributed by atoms with Gasteiger partial charge in [0.1, 0.15) is 0 Å². The van der Waals surface area contributed by atoms with Crippen molar-refractivity contribution in [1.82, 2.24) is 15.4 Å². The SMILES string of the molecule is CC1CC(=O)NN=C1c1ccc2nc(N3CCSCC3)[nH]c2c1. The molecule has 23 heavy (non-hydrogen) atoms. The number of amides is 1. The van der Waals surface area contributed by atoms with E-state index in [1.807, 2.05) is 30.8 Å². The Morgan fingerprint density at radius 2 is 2.13 bits per heavy atom. The van der Waals surface area contributed by atoms with E-state index >= 15 is 0 Å². The molecule has 7 heteroatoms. The summed E-state index contributed by atoms with van der Waals surface area (Å²) < 4.78 is 0. The molecule has 2 N–H and O–H groups in total. The van der Waals surface area contributed by atoms with Gasteiger partial charge in [-0.3, -0.25) is 4.79 Å². The summed E-state index contributed by atoms with van der Waals surface area (Å²) in [7, 11) is 0. The number of aromatic amines is 1. The van der Waals surface area contributed by atoms with E-state index in [-0.39, 0.29) is 11.8 Å². The van der Waals surface area contributed by atoms with E-state index in [9.17, 15) is 4.79 Å². The molecule has 1 saturated heterocycles. The van der Waals surface area contributed by atoms with Crippen molar-refractivity contribution in [2.75, 3.05) is 29.5 Å². The number of hydrazone groups is 1. The molecule has 120 valence electrons. The Bertz CT molecular complexity index is 778. The largest absolute Gasteiger partial charge is 0.341 e. The molecule has 2 aromatic rings. The lowest BCUT2D eigenvalue weighted by Crippen LogP contribution is -2.33. The minimum atomic E-state index is -0.0193. The summed E-state index contributed by atoms with van der Waals surface area (Å²) >= 11 is 1.99. The first-order chi connectivity index (χ1) is 11.2. The van der Waals surface area contributed by atoms with Gasteiger partial charge in [0, 0.05) is 42.5 Å². The third kappa shape index (κ3) is 2.81. The lowest BCUT2D eigenvalue weighted by atomic mass is 9.94. The molecule has 1 aromatic carbocycles. The molecular formula is C16H19N5OS. The number of nitrogens with one attached hydrogen (secondary N) is 2. The molecule has 6 nitrogen and oxygen atoms in total. The van der Waals surface area contributed by atoms with E-state index in [0.717, 1.165) is 52.9 Å². The maximum Gasteiger partial charge on any atom is 0.240 e. The summed E-state index contributed by atoms with van der Waals surface area (Å²) in [5.41, 5.74) is 6.53. The highest BCUT2D eigenvalue weighted by atomic mass is 32.2. The van der Waals surface area contributed by atoms with Crippen LogP contribution in [0.5, 0.6) is 0 Å². The molecule has 1 fully saturated rings. The maximum atomic E-state index is 11.4. The van der Waals surface area contributed by atoms with Gasteiger partial charge in [-0.25, -0.2) is 10.4 Å². The van der Waals surface area contributed by atoms with Gasteiger partial charge in [0.2, 0.25) is 11.9 Å². The number of thioether (sulfide) groups is 1. The second kappa shape index (κ2) is 5.88. The minimum absolute atomic E-state index is 0.0193. The zero-order valence-electron chi connectivity index (χ0n) is 13.0. The number of carbonyl (C=O) groups is 1. The predicted molar refractivity (Wildman–Crippen MR) is 94.1 cm³/mol. The highest BCUT2D eigenvalue weighted by Gasteiger charge is 2.22. The van der Waals surface area contributed by atoms with Gasteiger partial charge in [-0.2, -0.15) is 16.9 Å². The Labute approximate surface area is 138 Å². The molecule has 3 heterocycles. The summed E-state index contributed by atoms with van der Waals surface area (Å²) in [6.45, 7) is 4.10. The van der Waals surface area contributed by atoms with Crippen LogP contribution in [0.3, 0.4) is 0 Å². The van der Waals surface area contributed by atoms with Crippen molar-refractivity contribution >= 4 is 40.4 Å². The number of H-pyrrole nitrogens is 1. The number of imidazole rings is 1. The Hall–Kier alpha value is -2.02. The third-order valence-electron chi connectivity index (χ3n) is 4.34. The first-order valence-corrected chi connectivity index (χ1v) is 9.05. The second-order valence-electron chi connectivity index (χ2n) is 6.03. The van der Waals surface area contributed by atoms with Gasteiger partial charge in [-0.15, -0.1) is 0 Å². The standard InChI is InChI=1S/C16H19N5OS/c1-10-8-14(22)19-20-15(10)11-2-3-12-13(9-11)18-16(17-12)21-4-6-23-7-5-21/h2-3,9-10H,4-8H2,1H3,(H,17,18)(H,19,22). The summed E-state index contributed by atoms with van der Waals surface area (Å²) in [6, 6.07) is 6.14. The number of rotatable bonds is 2. The van der Waals surface area contributed by atoms with E-state index in [4.69, 9.17) is 4.98 Å². The first kappa shape index (κ1) is 14.6. The number of benzene rings is 1. The van der Waals surface area contributed by atoms with Crippen LogP contribution in [0.2, 0.25) is 0 Å². The van der Waals surface area contributed by atoms with Crippen molar-refractivity contribution in [2.45, 2.75) is 13.3 Å². The molecular weight excluding hydrogens is 310 g/mol. The lowest BCUT2D eigenvalue weighted by Gasteiger charge is -2.25. The molecule has 0 aliphatic carbocycles. The van der Waals surface area contributed by atoms with Gasteiger partial charge in [-0.05, 0) is 12.1 Å². The molecule has 0 radical (unpaired) electrons. The molecule has 0 bridgehead atoms. The monoisotopic (exact) mass is 329 g/mol. The molecule has 1 amide bonds. The number of hydrogen-bond donors (Lipinski definition) is 2. The normalized spacial score (nSPS) is 22.1. The molecule has 1 unspecified atom stereocenters. The van der Waals surface area contributed by atoms with Gasteiger partial charge in [0.05, 0.1) is 16.7 Å². The fourth-order valence-corrected chi connectivity index (χ4v) is 3.99. The summed E-state index contributed by atoms with van der Waals surface area (Å²) in [5, 5.41) is 4.23. The zero-order valence-corrected chi connectivity index (χ0v) is 13.8. The summed E-state index contributed by atoms with van der Waals surface area (Å²) in [6.07, 6.45) is 0.483. The Morgan fingerprint density at radius 1 is 1.30 bits per heavy atom. The van der Waals surface area contributed by atoms with Crippen LogP contribution in [-0.2, 0) is 4.79 Å². The molecule has 1 aromatic heterocycles. The molecule has 2 aliphatic heterocycles. The van der Waals surface area contributed by atoms with Crippen molar-refractivity contribution < 1.29 is 4.79 Å². The number of carbonyl (C=O) groups excluding carboxylic acids is 1. The Morgan fingerprint density at radius 3 is 2.91 bits per heavy atom. The topological polar surface area (TPSA) is 73.4 Å². The van der Waals surface area contributed by atoms with Crippen molar-refractivity contribution in [3.8, 4) is 0 Å². The van der Waals surface area contributed by atoms with Crippen molar-refractivity contribution in [1.29, 1.82) is 0 Å². The van der Waals surface area contributed by atoms with Crippen LogP contribution in [-0.4, -0.2) is 46.2 Å². The van der Waals surface area contributed by atoms with Gasteiger partial charge in [0.15, 0.2) is 0 Å². The number of nitrogens with zero attached hydrogens (tertiary/aromatic N) is 3. The quantitative estimate of drug-likeness (QED) is 0.883. The van der Waals surface area contributed by atoms with E-state index < -0.39 is 0 Å². The first-order valence-electron chi connectivity index (χ1n) is 7.90. The maximum absolute atomic E-state index is 11.4. The Balaban J connectivity index is 1.66.